The van der Waals surface area contributed by atoms with Gasteiger partial charge in [0.1, 0.15) is 16.7 Å². The Balaban J connectivity index is 2.69. The minimum absolute atomic E-state index is 0.0231. The van der Waals surface area contributed by atoms with Crippen LogP contribution in [0, 0.1) is 11.3 Å². The summed E-state index contributed by atoms with van der Waals surface area (Å²) < 4.78 is 65.5. The molecule has 2 rings (SSSR count). The van der Waals surface area contributed by atoms with Crippen LogP contribution in [-0.4, -0.2) is 15.7 Å². The molecule has 1 aromatic carbocycles. The number of carbonyl (C=O) groups is 1. The van der Waals surface area contributed by atoms with Gasteiger partial charge in [-0.05, 0) is 19.1 Å². The summed E-state index contributed by atoms with van der Waals surface area (Å²) in [6.45, 7) is 1.38. The first-order valence-corrected chi connectivity index (χ1v) is 9.28. The van der Waals surface area contributed by atoms with Crippen LogP contribution < -0.4 is 5.73 Å². The molecule has 2 aromatic rings. The maximum Gasteiger partial charge on any atom is 0.310 e. The first-order valence-electron chi connectivity index (χ1n) is 6.57. The van der Waals surface area contributed by atoms with E-state index in [0.29, 0.717) is 0 Å². The summed E-state index contributed by atoms with van der Waals surface area (Å²) in [7, 11) is -9.99. The predicted molar refractivity (Wildman–Crippen MR) is 87.3 cm³/mol. The lowest BCUT2D eigenvalue weighted by atomic mass is 10.0. The number of rotatable bonds is 4. The molecule has 0 spiro atoms. The highest BCUT2D eigenvalue weighted by molar-refractivity contribution is 8.45. The average Bonchev–Trinajstić information content (AvgIpc) is 2.86. The van der Waals surface area contributed by atoms with Crippen molar-refractivity contribution in [2.75, 3.05) is 0 Å². The molecule has 1 amide bonds. The summed E-state index contributed by atoms with van der Waals surface area (Å²) in [5.41, 5.74) is 4.61. The van der Waals surface area contributed by atoms with Crippen molar-refractivity contribution in [3.63, 3.8) is 0 Å². The van der Waals surface area contributed by atoms with E-state index < -0.39 is 37.0 Å². The Bertz CT molecular complexity index is 945. The highest BCUT2D eigenvalue weighted by Gasteiger charge is 2.65. The zero-order valence-corrected chi connectivity index (χ0v) is 15.0. The van der Waals surface area contributed by atoms with Gasteiger partial charge < -0.3 is 5.73 Å². The molecule has 13 heteroatoms. The van der Waals surface area contributed by atoms with Crippen LogP contribution in [0.5, 0.6) is 0 Å². The first kappa shape index (κ1) is 20.3. The van der Waals surface area contributed by atoms with Crippen molar-refractivity contribution in [2.24, 2.45) is 5.73 Å². The van der Waals surface area contributed by atoms with Crippen LogP contribution in [0.15, 0.2) is 23.2 Å². The smallest absolute Gasteiger partial charge is 0.310 e. The molecule has 0 saturated carbocycles. The van der Waals surface area contributed by atoms with Gasteiger partial charge in [-0.3, -0.25) is 4.79 Å². The lowest BCUT2D eigenvalue weighted by Crippen LogP contribution is -2.19. The molecule has 0 saturated heterocycles. The van der Waals surface area contributed by atoms with Crippen LogP contribution in [0.1, 0.15) is 24.1 Å². The minimum atomic E-state index is -9.99. The normalized spacial score (nSPS) is 15.7. The van der Waals surface area contributed by atoms with Gasteiger partial charge in [0, 0.05) is 11.8 Å². The Hall–Kier alpha value is -2.03. The largest absolute Gasteiger partial charge is 0.369 e. The van der Waals surface area contributed by atoms with E-state index in [1.165, 1.54) is 6.92 Å². The number of nitriles is 1. The maximum absolute atomic E-state index is 12.9. The van der Waals surface area contributed by atoms with Crippen molar-refractivity contribution in [1.82, 2.24) is 9.78 Å². The number of nitrogens with two attached hydrogens (primary N) is 1. The number of primary amides is 1. The molecule has 142 valence electrons. The van der Waals surface area contributed by atoms with E-state index in [2.05, 4.69) is 5.10 Å². The Labute approximate surface area is 153 Å². The van der Waals surface area contributed by atoms with E-state index >= 15 is 0 Å². The van der Waals surface area contributed by atoms with Gasteiger partial charge in [0.15, 0.2) is 5.69 Å². The van der Waals surface area contributed by atoms with E-state index in [4.69, 9.17) is 34.2 Å². The molecule has 0 aliphatic carbocycles. The molecule has 5 nitrogen and oxygen atoms in total. The SMILES string of the molecule is CC(C(N)=O)c1cn(-c2c(Cl)cc(S(F)(F)(F)(F)F)cc2Cl)nc1C#N. The number of nitrogens with zero attached hydrogens (tertiary/aromatic N) is 3. The average molecular weight is 435 g/mol. The monoisotopic (exact) mass is 434 g/mol. The third kappa shape index (κ3) is 3.87. The molecular weight excluding hydrogens is 426 g/mol. The second-order valence-electron chi connectivity index (χ2n) is 5.32. The van der Waals surface area contributed by atoms with Gasteiger partial charge in [-0.25, -0.2) is 4.68 Å². The van der Waals surface area contributed by atoms with Crippen LogP contribution >= 0.6 is 33.4 Å². The van der Waals surface area contributed by atoms with Crippen LogP contribution in [0.4, 0.5) is 19.4 Å². The molecule has 1 atom stereocenters. The van der Waals surface area contributed by atoms with Crippen molar-refractivity contribution in [1.29, 1.82) is 5.26 Å². The third-order valence-corrected chi connectivity index (χ3v) is 5.11. The molecule has 1 aromatic heterocycles. The van der Waals surface area contributed by atoms with Crippen molar-refractivity contribution in [2.45, 2.75) is 17.7 Å². The second kappa shape index (κ2) is 5.48. The maximum atomic E-state index is 12.9. The fourth-order valence-electron chi connectivity index (χ4n) is 2.04. The molecule has 2 N–H and O–H groups in total. The van der Waals surface area contributed by atoms with Gasteiger partial charge in [-0.15, -0.1) is 0 Å². The highest BCUT2D eigenvalue weighted by Crippen LogP contribution is 3.02. The van der Waals surface area contributed by atoms with Crippen LogP contribution in [0.2, 0.25) is 10.0 Å². The molecule has 0 aliphatic rings. The molecule has 26 heavy (non-hydrogen) atoms. The number of aromatic nitrogens is 2. The van der Waals surface area contributed by atoms with Gasteiger partial charge in [0.25, 0.3) is 0 Å². The standard InChI is InChI=1S/C13H9Cl2F5N4OS/c1-6(13(22)25)8-5-24(23-11(8)4-21)12-9(14)2-7(3-10(12)15)26(16,17,18,19)20/h2-3,5-6H,1H3,(H2,22,25). The fraction of sp³-hybridized carbons (Fsp3) is 0.154. The summed E-state index contributed by atoms with van der Waals surface area (Å²) in [4.78, 5) is 9.03. The molecule has 0 aliphatic heterocycles. The number of carbonyl (C=O) groups excluding carboxylic acids is 1. The van der Waals surface area contributed by atoms with Crippen molar-refractivity contribution < 1.29 is 24.2 Å². The van der Waals surface area contributed by atoms with Crippen molar-refractivity contribution in [3.05, 3.63) is 39.6 Å². The molecule has 0 radical (unpaired) electrons. The summed E-state index contributed by atoms with van der Waals surface area (Å²) in [6.07, 6.45) is 1.11. The third-order valence-electron chi connectivity index (χ3n) is 3.41. The fourth-order valence-corrected chi connectivity index (χ4v) is 3.51. The van der Waals surface area contributed by atoms with Crippen molar-refractivity contribution >= 4 is 39.3 Å². The van der Waals surface area contributed by atoms with E-state index in [1.807, 2.05) is 0 Å². The van der Waals surface area contributed by atoms with Gasteiger partial charge in [-0.1, -0.05) is 42.6 Å². The minimum Gasteiger partial charge on any atom is -0.369 e. The lowest BCUT2D eigenvalue weighted by Gasteiger charge is -2.40. The predicted octanol–water partition coefficient (Wildman–Crippen LogP) is 5.30. The van der Waals surface area contributed by atoms with Crippen LogP contribution in [0.3, 0.4) is 0 Å². The van der Waals surface area contributed by atoms with Crippen LogP contribution in [0.25, 0.3) is 5.69 Å². The van der Waals surface area contributed by atoms with Gasteiger partial charge >= 0.3 is 10.2 Å². The van der Waals surface area contributed by atoms with Crippen LogP contribution in [-0.2, 0) is 4.79 Å². The Morgan fingerprint density at radius 2 is 1.77 bits per heavy atom. The Morgan fingerprint density at radius 1 is 1.27 bits per heavy atom. The zero-order chi connectivity index (χ0) is 20.1. The van der Waals surface area contributed by atoms with Gasteiger partial charge in [0.05, 0.1) is 16.0 Å². The number of halogens is 7. The molecule has 1 heterocycles. The Morgan fingerprint density at radius 3 is 2.15 bits per heavy atom. The molecule has 0 bridgehead atoms. The van der Waals surface area contributed by atoms with E-state index in [-0.39, 0.29) is 29.1 Å². The second-order valence-corrected chi connectivity index (χ2v) is 8.54. The van der Waals surface area contributed by atoms with E-state index in [9.17, 15) is 24.2 Å². The number of amides is 1. The van der Waals surface area contributed by atoms with E-state index in [0.717, 1.165) is 10.9 Å². The number of hydrogen-bond donors (Lipinski definition) is 1. The van der Waals surface area contributed by atoms with E-state index in [1.54, 1.807) is 6.07 Å². The quantitative estimate of drug-likeness (QED) is 0.662. The number of benzene rings is 1. The highest BCUT2D eigenvalue weighted by atomic mass is 35.5. The molecular formula is C13H9Cl2F5N4OS. The van der Waals surface area contributed by atoms with Crippen molar-refractivity contribution in [3.8, 4) is 11.8 Å². The summed E-state index contributed by atoms with van der Waals surface area (Å²) >= 11 is 11.4. The van der Waals surface area contributed by atoms with Gasteiger partial charge in [-0.2, -0.15) is 10.4 Å². The molecule has 1 unspecified atom stereocenters. The number of hydrogen-bond acceptors (Lipinski definition) is 3. The van der Waals surface area contributed by atoms with Gasteiger partial charge in [0.2, 0.25) is 5.91 Å². The first-order chi connectivity index (χ1) is 11.5. The summed E-state index contributed by atoms with van der Waals surface area (Å²) in [6, 6.07) is 1.73. The topological polar surface area (TPSA) is 84.7 Å². The summed E-state index contributed by atoms with van der Waals surface area (Å²) in [5, 5.41) is 11.3. The zero-order valence-electron chi connectivity index (χ0n) is 12.7. The Kier molecular flexibility index (Phi) is 4.28. The summed E-state index contributed by atoms with van der Waals surface area (Å²) in [5.74, 6) is -1.73. The lowest BCUT2D eigenvalue weighted by molar-refractivity contribution is -0.119. The molecule has 0 fully saturated rings.